The maximum absolute atomic E-state index is 13.0. The van der Waals surface area contributed by atoms with Gasteiger partial charge in [0.1, 0.15) is 5.75 Å². The third kappa shape index (κ3) is 5.78. The molecule has 3 rings (SSSR count). The number of carbonyl (C=O) groups is 1. The molecule has 0 spiro atoms. The van der Waals surface area contributed by atoms with Gasteiger partial charge in [-0.2, -0.15) is 13.2 Å². The Bertz CT molecular complexity index is 1060. The molecular formula is C22H24F3NO4S. The summed E-state index contributed by atoms with van der Waals surface area (Å²) in [7, 11) is -3.70. The molecule has 1 N–H and O–H groups in total. The van der Waals surface area contributed by atoms with E-state index in [4.69, 9.17) is 4.74 Å². The molecular weight excluding hydrogens is 431 g/mol. The number of amides is 1. The van der Waals surface area contributed by atoms with Crippen molar-refractivity contribution in [1.82, 2.24) is 0 Å². The number of alkyl halides is 3. The van der Waals surface area contributed by atoms with Crippen molar-refractivity contribution in [2.75, 3.05) is 17.7 Å². The van der Waals surface area contributed by atoms with E-state index in [9.17, 15) is 26.4 Å². The van der Waals surface area contributed by atoms with Crippen LogP contribution in [0.4, 0.5) is 18.9 Å². The number of hydrogen-bond acceptors (Lipinski definition) is 4. The van der Waals surface area contributed by atoms with E-state index >= 15 is 0 Å². The van der Waals surface area contributed by atoms with Crippen molar-refractivity contribution in [3.8, 4) is 5.75 Å². The summed E-state index contributed by atoms with van der Waals surface area (Å²) in [6.45, 7) is 2.10. The van der Waals surface area contributed by atoms with Crippen LogP contribution in [0.2, 0.25) is 0 Å². The van der Waals surface area contributed by atoms with Crippen LogP contribution >= 0.6 is 0 Å². The Morgan fingerprint density at radius 1 is 1.10 bits per heavy atom. The van der Waals surface area contributed by atoms with Gasteiger partial charge in [0.2, 0.25) is 5.91 Å². The van der Waals surface area contributed by atoms with Crippen LogP contribution in [-0.2, 0) is 33.6 Å². The van der Waals surface area contributed by atoms with Crippen molar-refractivity contribution >= 4 is 21.4 Å². The van der Waals surface area contributed by atoms with E-state index in [0.29, 0.717) is 6.42 Å². The van der Waals surface area contributed by atoms with Crippen LogP contribution < -0.4 is 10.1 Å². The number of aryl methyl sites for hydroxylation is 2. The second-order valence-electron chi connectivity index (χ2n) is 7.46. The number of carbonyl (C=O) groups excluding carboxylic acids is 1. The van der Waals surface area contributed by atoms with Crippen LogP contribution in [0.25, 0.3) is 0 Å². The largest absolute Gasteiger partial charge is 0.491 e. The fourth-order valence-corrected chi connectivity index (χ4v) is 4.73. The number of benzene rings is 2. The molecule has 2 aromatic carbocycles. The normalized spacial score (nSPS) is 13.7. The lowest BCUT2D eigenvalue weighted by Crippen LogP contribution is -2.18. The maximum atomic E-state index is 13.0. The van der Waals surface area contributed by atoms with Gasteiger partial charge in [-0.25, -0.2) is 8.42 Å². The molecule has 0 saturated carbocycles. The summed E-state index contributed by atoms with van der Waals surface area (Å²) in [5, 5.41) is 2.37. The maximum Gasteiger partial charge on any atom is 0.416 e. The highest BCUT2D eigenvalue weighted by Crippen LogP contribution is 2.35. The van der Waals surface area contributed by atoms with Gasteiger partial charge in [-0.3, -0.25) is 4.79 Å². The minimum absolute atomic E-state index is 0.102. The highest BCUT2D eigenvalue weighted by Gasteiger charge is 2.31. The number of rotatable bonds is 8. The first-order chi connectivity index (χ1) is 14.6. The lowest BCUT2D eigenvalue weighted by molar-refractivity contribution is -0.137. The van der Waals surface area contributed by atoms with Crippen molar-refractivity contribution in [3.05, 3.63) is 53.1 Å². The molecule has 2 aromatic rings. The highest BCUT2D eigenvalue weighted by atomic mass is 32.2. The summed E-state index contributed by atoms with van der Waals surface area (Å²) in [4.78, 5) is 12.5. The summed E-state index contributed by atoms with van der Waals surface area (Å²) < 4.78 is 69.8. The molecule has 1 aliphatic rings. The van der Waals surface area contributed by atoms with Gasteiger partial charge in [0, 0.05) is 6.42 Å². The molecule has 0 aromatic heterocycles. The molecule has 9 heteroatoms. The second-order valence-corrected chi connectivity index (χ2v) is 9.57. The Labute approximate surface area is 179 Å². The molecule has 0 bridgehead atoms. The number of fused-ring (bicyclic) bond motifs is 1. The first-order valence-corrected chi connectivity index (χ1v) is 11.7. The molecule has 0 aliphatic heterocycles. The van der Waals surface area contributed by atoms with Crippen molar-refractivity contribution < 1.29 is 31.1 Å². The van der Waals surface area contributed by atoms with Gasteiger partial charge < -0.3 is 10.1 Å². The number of nitrogens with one attached hydrogen (secondary N) is 1. The molecule has 0 unspecified atom stereocenters. The van der Waals surface area contributed by atoms with E-state index in [1.54, 1.807) is 18.2 Å². The van der Waals surface area contributed by atoms with Gasteiger partial charge in [-0.05, 0) is 67.1 Å². The zero-order valence-corrected chi connectivity index (χ0v) is 17.9. The van der Waals surface area contributed by atoms with Gasteiger partial charge in [0.25, 0.3) is 0 Å². The van der Waals surface area contributed by atoms with Gasteiger partial charge >= 0.3 is 6.18 Å². The fraction of sp³-hybridized carbons (Fsp3) is 0.409. The van der Waals surface area contributed by atoms with E-state index in [2.05, 4.69) is 5.32 Å². The van der Waals surface area contributed by atoms with Gasteiger partial charge in [-0.15, -0.1) is 0 Å². The van der Waals surface area contributed by atoms with Gasteiger partial charge in [0.05, 0.1) is 28.5 Å². The number of sulfone groups is 1. The van der Waals surface area contributed by atoms with Crippen molar-refractivity contribution in [2.24, 2.45) is 0 Å². The summed E-state index contributed by atoms with van der Waals surface area (Å²) >= 11 is 0. The molecule has 31 heavy (non-hydrogen) atoms. The Hall–Kier alpha value is -2.55. The molecule has 5 nitrogen and oxygen atoms in total. The van der Waals surface area contributed by atoms with Crippen LogP contribution in [0.5, 0.6) is 5.75 Å². The van der Waals surface area contributed by atoms with E-state index < -0.39 is 33.2 Å². The quantitative estimate of drug-likeness (QED) is 0.622. The molecule has 0 saturated heterocycles. The lowest BCUT2D eigenvalue weighted by Gasteiger charge is -2.15. The monoisotopic (exact) mass is 455 g/mol. The summed E-state index contributed by atoms with van der Waals surface area (Å²) in [6, 6.07) is 7.81. The van der Waals surface area contributed by atoms with E-state index in [-0.39, 0.29) is 29.4 Å². The van der Waals surface area contributed by atoms with Crippen molar-refractivity contribution in [1.29, 1.82) is 0 Å². The summed E-state index contributed by atoms with van der Waals surface area (Å²) in [6.07, 6.45) is -1.59. The lowest BCUT2D eigenvalue weighted by atomic mass is 10.1. The van der Waals surface area contributed by atoms with Crippen LogP contribution in [0.1, 0.15) is 42.9 Å². The minimum Gasteiger partial charge on any atom is -0.491 e. The zero-order valence-electron chi connectivity index (χ0n) is 17.1. The first-order valence-electron chi connectivity index (χ1n) is 10.1. The molecule has 1 amide bonds. The van der Waals surface area contributed by atoms with E-state index in [1.807, 2.05) is 6.92 Å². The topological polar surface area (TPSA) is 72.5 Å². The number of hydrogen-bond donors (Lipinski definition) is 1. The van der Waals surface area contributed by atoms with Gasteiger partial charge in [0.15, 0.2) is 9.84 Å². The standard InChI is InChI=1S/C22H24F3NO4S/c1-2-11-30-20-9-7-17(22(23,24)25)14-19(20)26-21(27)10-12-31(28,29)18-8-6-15-4-3-5-16(15)13-18/h6-9,13-14H,2-5,10-12H2,1H3,(H,26,27). The number of halogens is 3. The molecule has 0 atom stereocenters. The van der Waals surface area contributed by atoms with Crippen LogP contribution in [0, 0.1) is 0 Å². The summed E-state index contributed by atoms with van der Waals surface area (Å²) in [5.74, 6) is -1.04. The third-order valence-electron chi connectivity index (χ3n) is 5.07. The van der Waals surface area contributed by atoms with Crippen molar-refractivity contribution in [2.45, 2.75) is 50.1 Å². The van der Waals surface area contributed by atoms with Crippen LogP contribution in [-0.4, -0.2) is 26.7 Å². The molecule has 0 heterocycles. The Morgan fingerprint density at radius 3 is 2.55 bits per heavy atom. The molecule has 1 aliphatic carbocycles. The third-order valence-corrected chi connectivity index (χ3v) is 6.78. The predicted molar refractivity (Wildman–Crippen MR) is 111 cm³/mol. The van der Waals surface area contributed by atoms with Gasteiger partial charge in [-0.1, -0.05) is 13.0 Å². The smallest absolute Gasteiger partial charge is 0.416 e. The molecule has 0 radical (unpaired) electrons. The van der Waals surface area contributed by atoms with Crippen LogP contribution in [0.3, 0.4) is 0 Å². The molecule has 168 valence electrons. The Kier molecular flexibility index (Phi) is 6.93. The summed E-state index contributed by atoms with van der Waals surface area (Å²) in [5.41, 5.74) is 1.08. The second kappa shape index (κ2) is 9.30. The molecule has 0 fully saturated rings. The van der Waals surface area contributed by atoms with Crippen molar-refractivity contribution in [3.63, 3.8) is 0 Å². The minimum atomic E-state index is -4.58. The Morgan fingerprint density at radius 2 is 1.84 bits per heavy atom. The fourth-order valence-electron chi connectivity index (χ4n) is 3.44. The van der Waals surface area contributed by atoms with Crippen LogP contribution in [0.15, 0.2) is 41.3 Å². The highest BCUT2D eigenvalue weighted by molar-refractivity contribution is 7.91. The SMILES string of the molecule is CCCOc1ccc(C(F)(F)F)cc1NC(=O)CCS(=O)(=O)c1ccc2c(c1)CCC2. The first kappa shape index (κ1) is 23.1. The van der Waals surface area contributed by atoms with E-state index in [1.165, 1.54) is 0 Å². The average Bonchev–Trinajstić information content (AvgIpc) is 3.18. The Balaban J connectivity index is 1.71. The predicted octanol–water partition coefficient (Wildman–Crippen LogP) is 4.79. The number of ether oxygens (including phenoxy) is 1. The number of anilines is 1. The zero-order chi connectivity index (χ0) is 22.6. The average molecular weight is 455 g/mol. The van der Waals surface area contributed by atoms with E-state index in [0.717, 1.165) is 48.6 Å².